The number of halogens is 3. The molecule has 40 heavy (non-hydrogen) atoms. The molecule has 1 aromatic carbocycles. The number of carbonyl (C=O) groups is 2. The summed E-state index contributed by atoms with van der Waals surface area (Å²) in [6.45, 7) is -0.361. The molecule has 4 aromatic rings. The standard InChI is InChI=1S/C25H26ClF2N7O4S/c1-40-10-9-38-22(36)14-29-6-8-34-15-19(32-25(37)18-13-31-35-7-2-5-30-24(18)35)23(33-34)17-11-16(26)3-4-20(17)39-21(28)12-27/h2-5,7,11,13,15,21,29H,6,8-10,12,14H2,1H3,(H,32,37). The van der Waals surface area contributed by atoms with Gasteiger partial charge in [0.15, 0.2) is 12.3 Å². The van der Waals surface area contributed by atoms with Gasteiger partial charge in [0.2, 0.25) is 0 Å². The van der Waals surface area contributed by atoms with Gasteiger partial charge in [0.05, 0.1) is 25.0 Å². The minimum Gasteiger partial charge on any atom is -0.464 e. The lowest BCUT2D eigenvalue weighted by Crippen LogP contribution is -2.28. The number of carbonyl (C=O) groups excluding carboxylic acids is 2. The van der Waals surface area contributed by atoms with E-state index in [1.807, 2.05) is 6.26 Å². The van der Waals surface area contributed by atoms with Gasteiger partial charge in [-0.3, -0.25) is 14.3 Å². The van der Waals surface area contributed by atoms with E-state index < -0.39 is 18.9 Å². The molecule has 0 radical (unpaired) electrons. The molecule has 11 nitrogen and oxygen atoms in total. The number of alkyl halides is 2. The molecule has 1 amide bonds. The van der Waals surface area contributed by atoms with Gasteiger partial charge in [0.25, 0.3) is 12.3 Å². The molecule has 4 rings (SSSR count). The lowest BCUT2D eigenvalue weighted by Gasteiger charge is -2.13. The van der Waals surface area contributed by atoms with E-state index in [2.05, 4.69) is 25.8 Å². The van der Waals surface area contributed by atoms with E-state index in [0.717, 1.165) is 0 Å². The van der Waals surface area contributed by atoms with Crippen LogP contribution in [-0.4, -0.2) is 81.0 Å². The molecular weight excluding hydrogens is 568 g/mol. The van der Waals surface area contributed by atoms with E-state index in [-0.39, 0.29) is 40.8 Å². The Hall–Kier alpha value is -3.75. The molecule has 3 heterocycles. The van der Waals surface area contributed by atoms with Crippen LogP contribution in [0.2, 0.25) is 5.02 Å². The van der Waals surface area contributed by atoms with Gasteiger partial charge >= 0.3 is 5.97 Å². The van der Waals surface area contributed by atoms with Crippen LogP contribution in [0.5, 0.6) is 5.75 Å². The molecule has 0 saturated heterocycles. The van der Waals surface area contributed by atoms with Crippen LogP contribution in [0.1, 0.15) is 10.4 Å². The SMILES string of the molecule is CSCCOC(=O)CNCCn1cc(NC(=O)c2cnn3cccnc23)c(-c2cc(Cl)ccc2OC(F)CF)n1. The van der Waals surface area contributed by atoms with Gasteiger partial charge in [-0.05, 0) is 30.5 Å². The van der Waals surface area contributed by atoms with E-state index in [4.69, 9.17) is 21.1 Å². The fourth-order valence-corrected chi connectivity index (χ4v) is 4.06. The molecule has 2 N–H and O–H groups in total. The Labute approximate surface area is 237 Å². The van der Waals surface area contributed by atoms with Crippen molar-refractivity contribution < 1.29 is 27.8 Å². The monoisotopic (exact) mass is 593 g/mol. The van der Waals surface area contributed by atoms with E-state index in [1.165, 1.54) is 39.8 Å². The largest absolute Gasteiger partial charge is 0.464 e. The number of fused-ring (bicyclic) bond motifs is 1. The molecule has 0 aliphatic rings. The number of nitrogens with zero attached hydrogens (tertiary/aromatic N) is 5. The van der Waals surface area contributed by atoms with E-state index in [1.54, 1.807) is 30.2 Å². The van der Waals surface area contributed by atoms with Crippen LogP contribution in [0.15, 0.2) is 49.1 Å². The number of anilines is 1. The quantitative estimate of drug-likeness (QED) is 0.166. The first kappa shape index (κ1) is 29.2. The Morgan fingerprint density at radius 1 is 1.30 bits per heavy atom. The van der Waals surface area contributed by atoms with Crippen LogP contribution in [0.4, 0.5) is 14.5 Å². The third kappa shape index (κ3) is 7.46. The Morgan fingerprint density at radius 2 is 2.15 bits per heavy atom. The van der Waals surface area contributed by atoms with Crippen LogP contribution >= 0.6 is 23.4 Å². The first-order valence-electron chi connectivity index (χ1n) is 12.1. The third-order valence-electron chi connectivity index (χ3n) is 5.44. The highest BCUT2D eigenvalue weighted by Gasteiger charge is 2.22. The van der Waals surface area contributed by atoms with Gasteiger partial charge in [-0.2, -0.15) is 26.3 Å². The summed E-state index contributed by atoms with van der Waals surface area (Å²) in [5, 5.41) is 14.7. The number of hydrogen-bond acceptors (Lipinski definition) is 9. The second kappa shape index (κ2) is 14.1. The lowest BCUT2D eigenvalue weighted by molar-refractivity contribution is -0.141. The molecule has 0 spiro atoms. The number of hydrogen-bond donors (Lipinski definition) is 2. The molecule has 1 atom stereocenters. The van der Waals surface area contributed by atoms with Crippen molar-refractivity contribution in [3.63, 3.8) is 0 Å². The molecular formula is C25H26ClF2N7O4S. The normalized spacial score (nSPS) is 11.9. The van der Waals surface area contributed by atoms with Crippen molar-refractivity contribution in [3.8, 4) is 17.0 Å². The molecule has 0 saturated carbocycles. The number of rotatable bonds is 14. The first-order valence-corrected chi connectivity index (χ1v) is 13.9. The van der Waals surface area contributed by atoms with Crippen LogP contribution < -0.4 is 15.4 Å². The maximum Gasteiger partial charge on any atom is 0.319 e. The Morgan fingerprint density at radius 3 is 2.95 bits per heavy atom. The summed E-state index contributed by atoms with van der Waals surface area (Å²) in [7, 11) is 0. The highest BCUT2D eigenvalue weighted by Crippen LogP contribution is 2.37. The van der Waals surface area contributed by atoms with Crippen molar-refractivity contribution in [1.82, 2.24) is 29.7 Å². The minimum atomic E-state index is -2.20. The van der Waals surface area contributed by atoms with E-state index in [0.29, 0.717) is 36.1 Å². The van der Waals surface area contributed by atoms with Gasteiger partial charge in [-0.15, -0.1) is 0 Å². The smallest absolute Gasteiger partial charge is 0.319 e. The lowest BCUT2D eigenvalue weighted by atomic mass is 10.1. The second-order valence-electron chi connectivity index (χ2n) is 8.27. The van der Waals surface area contributed by atoms with Crippen molar-refractivity contribution in [3.05, 3.63) is 59.6 Å². The number of esters is 1. The molecule has 0 aliphatic heterocycles. The summed E-state index contributed by atoms with van der Waals surface area (Å²) in [4.78, 5) is 29.3. The van der Waals surface area contributed by atoms with Crippen LogP contribution in [-0.2, 0) is 16.1 Å². The van der Waals surface area contributed by atoms with Gasteiger partial charge in [-0.1, -0.05) is 11.6 Å². The Balaban J connectivity index is 1.58. The average molecular weight is 594 g/mol. The van der Waals surface area contributed by atoms with Crippen LogP contribution in [0, 0.1) is 0 Å². The van der Waals surface area contributed by atoms with Crippen molar-refractivity contribution >= 4 is 46.6 Å². The summed E-state index contributed by atoms with van der Waals surface area (Å²) < 4.78 is 39.9. The molecule has 0 aliphatic carbocycles. The zero-order valence-electron chi connectivity index (χ0n) is 21.3. The summed E-state index contributed by atoms with van der Waals surface area (Å²) in [6, 6.07) is 6.01. The predicted molar refractivity (Wildman–Crippen MR) is 147 cm³/mol. The number of benzene rings is 1. The first-order chi connectivity index (χ1) is 19.4. The maximum absolute atomic E-state index is 13.8. The van der Waals surface area contributed by atoms with Crippen molar-refractivity contribution in [2.75, 3.05) is 43.7 Å². The van der Waals surface area contributed by atoms with Gasteiger partial charge in [0, 0.05) is 41.5 Å². The van der Waals surface area contributed by atoms with Gasteiger partial charge < -0.3 is 20.1 Å². The maximum atomic E-state index is 13.8. The van der Waals surface area contributed by atoms with Gasteiger partial charge in [-0.25, -0.2) is 13.9 Å². The Bertz CT molecular complexity index is 1470. The van der Waals surface area contributed by atoms with Gasteiger partial charge in [0.1, 0.15) is 23.6 Å². The van der Waals surface area contributed by atoms with Crippen LogP contribution in [0.25, 0.3) is 16.9 Å². The molecule has 212 valence electrons. The molecule has 0 bridgehead atoms. The number of aromatic nitrogens is 5. The molecule has 1 unspecified atom stereocenters. The summed E-state index contributed by atoms with van der Waals surface area (Å²) >= 11 is 7.78. The fraction of sp³-hybridized carbons (Fsp3) is 0.320. The third-order valence-corrected chi connectivity index (χ3v) is 6.25. The highest BCUT2D eigenvalue weighted by atomic mass is 35.5. The zero-order chi connectivity index (χ0) is 28.5. The molecule has 3 aromatic heterocycles. The van der Waals surface area contributed by atoms with E-state index >= 15 is 0 Å². The van der Waals surface area contributed by atoms with Crippen molar-refractivity contribution in [2.45, 2.75) is 12.9 Å². The fourth-order valence-electron chi connectivity index (χ4n) is 3.64. The number of thioether (sulfide) groups is 1. The Kier molecular flexibility index (Phi) is 10.3. The molecule has 15 heteroatoms. The molecule has 0 fully saturated rings. The number of nitrogens with one attached hydrogen (secondary N) is 2. The highest BCUT2D eigenvalue weighted by molar-refractivity contribution is 7.98. The average Bonchev–Trinajstić information content (AvgIpc) is 3.56. The predicted octanol–water partition coefficient (Wildman–Crippen LogP) is 3.64. The van der Waals surface area contributed by atoms with E-state index in [9.17, 15) is 18.4 Å². The summed E-state index contributed by atoms with van der Waals surface area (Å²) in [5.74, 6) is -0.193. The second-order valence-corrected chi connectivity index (χ2v) is 9.69. The topological polar surface area (TPSA) is 125 Å². The van der Waals surface area contributed by atoms with Crippen molar-refractivity contribution in [2.24, 2.45) is 0 Å². The zero-order valence-corrected chi connectivity index (χ0v) is 22.9. The number of amides is 1. The van der Waals surface area contributed by atoms with Crippen molar-refractivity contribution in [1.29, 1.82) is 0 Å². The summed E-state index contributed by atoms with van der Waals surface area (Å²) in [5.41, 5.74) is 1.25. The summed E-state index contributed by atoms with van der Waals surface area (Å²) in [6.07, 6.45) is 5.86. The van der Waals surface area contributed by atoms with Crippen LogP contribution in [0.3, 0.4) is 0 Å². The number of ether oxygens (including phenoxy) is 2. The minimum absolute atomic E-state index is 0.0148.